The van der Waals surface area contributed by atoms with Gasteiger partial charge in [0.15, 0.2) is 5.16 Å². The van der Waals surface area contributed by atoms with Crippen molar-refractivity contribution in [3.05, 3.63) is 11.8 Å². The van der Waals surface area contributed by atoms with Gasteiger partial charge >= 0.3 is 0 Å². The molecule has 6 heteroatoms. The summed E-state index contributed by atoms with van der Waals surface area (Å²) >= 11 is 1.55. The molecule has 0 amide bonds. The number of rotatable bonds is 4. The number of oxime groups is 1. The van der Waals surface area contributed by atoms with E-state index in [0.717, 1.165) is 30.0 Å². The van der Waals surface area contributed by atoms with Gasteiger partial charge in [0.2, 0.25) is 0 Å². The molecule has 0 saturated heterocycles. The molecular formula is C10H14N4OS. The molecule has 0 spiro atoms. The van der Waals surface area contributed by atoms with E-state index >= 15 is 0 Å². The molecule has 0 fully saturated rings. The summed E-state index contributed by atoms with van der Waals surface area (Å²) in [6, 6.07) is 1.81. The van der Waals surface area contributed by atoms with Crippen LogP contribution in [0.5, 0.6) is 0 Å². The van der Waals surface area contributed by atoms with Gasteiger partial charge in [0.25, 0.3) is 0 Å². The van der Waals surface area contributed by atoms with E-state index in [-0.39, 0.29) is 0 Å². The van der Waals surface area contributed by atoms with Gasteiger partial charge in [0.1, 0.15) is 12.4 Å². The normalized spacial score (nSPS) is 14.7. The molecule has 1 aromatic rings. The number of hydrogen-bond acceptors (Lipinski definition) is 6. The Kier molecular flexibility index (Phi) is 3.61. The molecule has 0 bridgehead atoms. The molecule has 0 aromatic carbocycles. The van der Waals surface area contributed by atoms with E-state index in [1.165, 1.54) is 0 Å². The van der Waals surface area contributed by atoms with E-state index < -0.39 is 0 Å². The van der Waals surface area contributed by atoms with Crippen molar-refractivity contribution in [1.29, 1.82) is 0 Å². The maximum Gasteiger partial charge on any atom is 0.190 e. The molecule has 1 aliphatic rings. The lowest BCUT2D eigenvalue weighted by Crippen LogP contribution is -2.02. The third kappa shape index (κ3) is 2.85. The third-order valence-corrected chi connectivity index (χ3v) is 3.10. The summed E-state index contributed by atoms with van der Waals surface area (Å²) in [5.41, 5.74) is 7.72. The Morgan fingerprint density at radius 3 is 3.06 bits per heavy atom. The van der Waals surface area contributed by atoms with Crippen LogP contribution < -0.4 is 5.73 Å². The molecule has 2 heterocycles. The average Bonchev–Trinajstić information content (AvgIpc) is 2.78. The van der Waals surface area contributed by atoms with Crippen LogP contribution in [0.1, 0.15) is 19.0 Å². The molecule has 0 unspecified atom stereocenters. The van der Waals surface area contributed by atoms with Gasteiger partial charge in [0.05, 0.1) is 5.71 Å². The number of aryl methyl sites for hydroxylation is 1. The lowest BCUT2D eigenvalue weighted by Gasteiger charge is -2.03. The second-order valence-corrected chi connectivity index (χ2v) is 4.39. The number of aromatic nitrogens is 2. The summed E-state index contributed by atoms with van der Waals surface area (Å²) in [5.74, 6) is 1.30. The Morgan fingerprint density at radius 2 is 2.38 bits per heavy atom. The standard InChI is InChI=1S/C10H14N4OS/c1-2-7-5-9(11)13-10(12-7)16-6-8-3-4-15-14-8/h5H,2-4,6H2,1H3,(H2,11,12,13). The molecule has 2 N–H and O–H groups in total. The van der Waals surface area contributed by atoms with Gasteiger partial charge in [-0.15, -0.1) is 0 Å². The second-order valence-electron chi connectivity index (χ2n) is 3.45. The van der Waals surface area contributed by atoms with Gasteiger partial charge in [-0.25, -0.2) is 9.97 Å². The molecule has 86 valence electrons. The van der Waals surface area contributed by atoms with Crippen LogP contribution in [0.4, 0.5) is 5.82 Å². The quantitative estimate of drug-likeness (QED) is 0.635. The van der Waals surface area contributed by atoms with Gasteiger partial charge in [-0.2, -0.15) is 0 Å². The lowest BCUT2D eigenvalue weighted by atomic mass is 10.3. The highest BCUT2D eigenvalue weighted by molar-refractivity contribution is 7.99. The van der Waals surface area contributed by atoms with Crippen LogP contribution in [0.3, 0.4) is 0 Å². The number of nitrogen functional groups attached to an aromatic ring is 1. The van der Waals surface area contributed by atoms with Gasteiger partial charge in [-0.1, -0.05) is 23.8 Å². The van der Waals surface area contributed by atoms with E-state index in [0.29, 0.717) is 17.6 Å². The van der Waals surface area contributed by atoms with Crippen LogP contribution in [0.2, 0.25) is 0 Å². The molecule has 0 atom stereocenters. The first kappa shape index (κ1) is 11.2. The van der Waals surface area contributed by atoms with Gasteiger partial charge < -0.3 is 10.6 Å². The van der Waals surface area contributed by atoms with Crippen LogP contribution in [-0.4, -0.2) is 28.0 Å². The summed E-state index contributed by atoms with van der Waals surface area (Å²) in [6.07, 6.45) is 1.76. The minimum absolute atomic E-state index is 0.527. The largest absolute Gasteiger partial charge is 0.395 e. The molecule has 5 nitrogen and oxygen atoms in total. The molecule has 1 aromatic heterocycles. The van der Waals surface area contributed by atoms with Gasteiger partial charge in [-0.05, 0) is 6.42 Å². The monoisotopic (exact) mass is 238 g/mol. The van der Waals surface area contributed by atoms with Crippen molar-refractivity contribution < 1.29 is 4.84 Å². The zero-order valence-corrected chi connectivity index (χ0v) is 9.96. The maximum absolute atomic E-state index is 5.70. The Bertz CT molecular complexity index is 408. The van der Waals surface area contributed by atoms with Crippen molar-refractivity contribution in [3.8, 4) is 0 Å². The Labute approximate surface area is 98.5 Å². The molecule has 0 radical (unpaired) electrons. The van der Waals surface area contributed by atoms with Crippen LogP contribution in [0.25, 0.3) is 0 Å². The van der Waals surface area contributed by atoms with E-state index in [1.807, 2.05) is 6.92 Å². The van der Waals surface area contributed by atoms with Gasteiger partial charge in [0, 0.05) is 23.9 Å². The van der Waals surface area contributed by atoms with Crippen molar-refractivity contribution in [2.45, 2.75) is 24.9 Å². The van der Waals surface area contributed by atoms with Crippen molar-refractivity contribution in [2.24, 2.45) is 5.16 Å². The van der Waals surface area contributed by atoms with Crippen molar-refractivity contribution in [1.82, 2.24) is 9.97 Å². The minimum Gasteiger partial charge on any atom is -0.395 e. The zero-order chi connectivity index (χ0) is 11.4. The first-order valence-electron chi connectivity index (χ1n) is 5.22. The lowest BCUT2D eigenvalue weighted by molar-refractivity contribution is 0.173. The summed E-state index contributed by atoms with van der Waals surface area (Å²) in [5, 5.41) is 4.64. The van der Waals surface area contributed by atoms with Crippen LogP contribution >= 0.6 is 11.8 Å². The summed E-state index contributed by atoms with van der Waals surface area (Å²) in [4.78, 5) is 13.5. The predicted octanol–water partition coefficient (Wildman–Crippen LogP) is 1.49. The predicted molar refractivity (Wildman–Crippen MR) is 64.6 cm³/mol. The Balaban J connectivity index is 2.00. The number of anilines is 1. The van der Waals surface area contributed by atoms with Crippen LogP contribution in [0, 0.1) is 0 Å². The average molecular weight is 238 g/mol. The molecule has 1 aliphatic heterocycles. The first-order chi connectivity index (χ1) is 7.78. The number of nitrogens with zero attached hydrogens (tertiary/aromatic N) is 3. The van der Waals surface area contributed by atoms with Crippen LogP contribution in [0.15, 0.2) is 16.4 Å². The van der Waals surface area contributed by atoms with E-state index in [9.17, 15) is 0 Å². The maximum atomic E-state index is 5.70. The molecule has 2 rings (SSSR count). The summed E-state index contributed by atoms with van der Waals surface area (Å²) in [6.45, 7) is 2.74. The van der Waals surface area contributed by atoms with Gasteiger partial charge in [-0.3, -0.25) is 0 Å². The summed E-state index contributed by atoms with van der Waals surface area (Å²) in [7, 11) is 0. The first-order valence-corrected chi connectivity index (χ1v) is 6.20. The molecule has 16 heavy (non-hydrogen) atoms. The number of hydrogen-bond donors (Lipinski definition) is 1. The third-order valence-electron chi connectivity index (χ3n) is 2.18. The SMILES string of the molecule is CCc1cc(N)nc(SCC2=NOCC2)n1. The van der Waals surface area contributed by atoms with E-state index in [2.05, 4.69) is 15.1 Å². The Morgan fingerprint density at radius 1 is 1.50 bits per heavy atom. The summed E-state index contributed by atoms with van der Waals surface area (Å²) < 4.78 is 0. The zero-order valence-electron chi connectivity index (χ0n) is 9.14. The highest BCUT2D eigenvalue weighted by Crippen LogP contribution is 2.17. The van der Waals surface area contributed by atoms with Crippen LogP contribution in [-0.2, 0) is 11.3 Å². The number of nitrogens with two attached hydrogens (primary N) is 1. The second kappa shape index (κ2) is 5.16. The fourth-order valence-corrected chi connectivity index (χ4v) is 2.18. The van der Waals surface area contributed by atoms with Crippen molar-refractivity contribution >= 4 is 23.3 Å². The molecule has 0 saturated carbocycles. The highest BCUT2D eigenvalue weighted by atomic mass is 32.2. The highest BCUT2D eigenvalue weighted by Gasteiger charge is 2.10. The smallest absolute Gasteiger partial charge is 0.190 e. The minimum atomic E-state index is 0.527. The molecular weight excluding hydrogens is 224 g/mol. The Hall–Kier alpha value is -1.30. The topological polar surface area (TPSA) is 73.4 Å². The van der Waals surface area contributed by atoms with Crippen molar-refractivity contribution in [3.63, 3.8) is 0 Å². The van der Waals surface area contributed by atoms with Crippen molar-refractivity contribution in [2.75, 3.05) is 18.1 Å². The number of thioether (sulfide) groups is 1. The molecule has 0 aliphatic carbocycles. The fourth-order valence-electron chi connectivity index (χ4n) is 1.33. The van der Waals surface area contributed by atoms with E-state index in [4.69, 9.17) is 10.6 Å². The van der Waals surface area contributed by atoms with E-state index in [1.54, 1.807) is 17.8 Å². The fraction of sp³-hybridized carbons (Fsp3) is 0.500.